The molecule has 7 heteroatoms. The van der Waals surface area contributed by atoms with Gasteiger partial charge in [0, 0.05) is 6.07 Å². The Hall–Kier alpha value is -3.19. The lowest BCUT2D eigenvalue weighted by molar-refractivity contribution is -0.140. The molecule has 24 heavy (non-hydrogen) atoms. The molecule has 0 saturated heterocycles. The van der Waals surface area contributed by atoms with Crippen molar-refractivity contribution in [3.63, 3.8) is 0 Å². The number of carbonyl (C=O) groups is 3. The zero-order chi connectivity index (χ0) is 17.7. The lowest BCUT2D eigenvalue weighted by Crippen LogP contribution is -2.59. The van der Waals surface area contributed by atoms with Gasteiger partial charge in [0.2, 0.25) is 0 Å². The quantitative estimate of drug-likeness (QED) is 0.547. The number of nitrogens with two attached hydrogens (primary N) is 1. The monoisotopic (exact) mass is 329 g/mol. The van der Waals surface area contributed by atoms with E-state index in [4.69, 9.17) is 5.73 Å². The zero-order valence-electron chi connectivity index (χ0n) is 12.8. The third kappa shape index (κ3) is 3.41. The van der Waals surface area contributed by atoms with Gasteiger partial charge in [-0.05, 0) is 18.2 Å². The van der Waals surface area contributed by atoms with Crippen LogP contribution in [0, 0.1) is 0 Å². The van der Waals surface area contributed by atoms with Crippen molar-refractivity contribution in [1.29, 1.82) is 0 Å². The van der Waals surface area contributed by atoms with Gasteiger partial charge in [-0.1, -0.05) is 30.3 Å². The van der Waals surface area contributed by atoms with E-state index in [1.54, 1.807) is 30.3 Å². The van der Waals surface area contributed by atoms with Crippen molar-refractivity contribution >= 4 is 29.2 Å². The van der Waals surface area contributed by atoms with E-state index in [1.165, 1.54) is 24.3 Å². The average Bonchev–Trinajstić information content (AvgIpc) is 2.53. The largest absolute Gasteiger partial charge is 0.477 e. The number of anilines is 1. The van der Waals surface area contributed by atoms with Gasteiger partial charge >= 0.3 is 17.8 Å². The van der Waals surface area contributed by atoms with Crippen LogP contribution in [0.1, 0.15) is 10.4 Å². The number of quaternary nitrogens is 1. The minimum atomic E-state index is -1.30. The smallest absolute Gasteiger partial charge is 0.360 e. The molecule has 0 aliphatic heterocycles. The number of hydrogen-bond donors (Lipinski definition) is 3. The van der Waals surface area contributed by atoms with Crippen LogP contribution in [-0.4, -0.2) is 41.1 Å². The topological polar surface area (TPSA) is 118 Å². The van der Waals surface area contributed by atoms with Crippen molar-refractivity contribution in [2.75, 3.05) is 18.8 Å². The van der Waals surface area contributed by atoms with Crippen molar-refractivity contribution in [3.05, 3.63) is 60.2 Å². The molecule has 2 rings (SSSR count). The Bertz CT molecular complexity index is 758. The van der Waals surface area contributed by atoms with E-state index in [0.29, 0.717) is 0 Å². The summed E-state index contributed by atoms with van der Waals surface area (Å²) >= 11 is 0. The van der Waals surface area contributed by atoms with Crippen LogP contribution in [-0.2, 0) is 9.59 Å². The van der Waals surface area contributed by atoms with E-state index in [1.807, 2.05) is 0 Å². The highest BCUT2D eigenvalue weighted by Crippen LogP contribution is 2.31. The van der Waals surface area contributed by atoms with Gasteiger partial charge in [0.05, 0.1) is 11.3 Å². The van der Waals surface area contributed by atoms with Gasteiger partial charge < -0.3 is 15.9 Å². The zero-order valence-corrected chi connectivity index (χ0v) is 12.8. The molecule has 0 aromatic heterocycles. The van der Waals surface area contributed by atoms with Crippen LogP contribution in [0.4, 0.5) is 11.4 Å². The predicted octanol–water partition coefficient (Wildman–Crippen LogP) is 1.59. The van der Waals surface area contributed by atoms with Crippen LogP contribution in [0.25, 0.3) is 0 Å². The first kappa shape index (κ1) is 17.2. The van der Waals surface area contributed by atoms with E-state index in [-0.39, 0.29) is 16.9 Å². The van der Waals surface area contributed by atoms with Crippen molar-refractivity contribution in [2.24, 2.45) is 0 Å². The maximum absolute atomic E-state index is 13.1. The van der Waals surface area contributed by atoms with E-state index in [0.717, 1.165) is 0 Å². The van der Waals surface area contributed by atoms with Crippen molar-refractivity contribution in [2.45, 2.75) is 0 Å². The summed E-state index contributed by atoms with van der Waals surface area (Å²) in [4.78, 5) is 35.9. The van der Waals surface area contributed by atoms with Crippen LogP contribution in [0.2, 0.25) is 0 Å². The Morgan fingerprint density at radius 2 is 1.33 bits per heavy atom. The van der Waals surface area contributed by atoms with Crippen LogP contribution < -0.4 is 10.2 Å². The van der Waals surface area contributed by atoms with E-state index in [2.05, 4.69) is 0 Å². The summed E-state index contributed by atoms with van der Waals surface area (Å²) in [6, 6.07) is 14.2. The van der Waals surface area contributed by atoms with Gasteiger partial charge in [0.15, 0.2) is 18.8 Å². The lowest BCUT2D eigenvalue weighted by Gasteiger charge is -2.33. The molecule has 124 valence electrons. The van der Waals surface area contributed by atoms with Gasteiger partial charge in [-0.2, -0.15) is 0 Å². The molecule has 0 heterocycles. The van der Waals surface area contributed by atoms with Crippen molar-refractivity contribution in [3.8, 4) is 0 Å². The first-order valence-corrected chi connectivity index (χ1v) is 7.12. The molecule has 2 aromatic carbocycles. The van der Waals surface area contributed by atoms with Crippen molar-refractivity contribution < 1.29 is 24.6 Å². The summed E-state index contributed by atoms with van der Waals surface area (Å²) < 4.78 is -0.929. The number of nitrogen functional groups attached to an aromatic ring is 1. The normalized spacial score (nSPS) is 11.0. The average molecular weight is 329 g/mol. The number of aliphatic carboxylic acids is 2. The Kier molecular flexibility index (Phi) is 4.96. The molecule has 0 aliphatic carbocycles. The molecule has 0 unspecified atom stereocenters. The second kappa shape index (κ2) is 6.93. The first-order valence-electron chi connectivity index (χ1n) is 7.12. The SMILES string of the molecule is Nc1ccccc1[N+](CC(=O)O)(CC(=O)O)C(=O)c1ccccc1. The van der Waals surface area contributed by atoms with Gasteiger partial charge in [-0.15, -0.1) is 0 Å². The number of carbonyl (C=O) groups excluding carboxylic acids is 1. The second-order valence-corrected chi connectivity index (χ2v) is 5.30. The molecule has 0 bridgehead atoms. The standard InChI is InChI=1S/C17H16N2O5/c18-13-8-4-5-9-14(13)19(10-15(20)21,11-16(22)23)17(24)12-6-2-1-3-7-12/h1-9H,10-11,18H2,(H-,20,21,22,23)/p+1. The summed E-state index contributed by atoms with van der Waals surface area (Å²) in [5.41, 5.74) is 6.44. The van der Waals surface area contributed by atoms with Gasteiger partial charge in [-0.25, -0.2) is 18.9 Å². The van der Waals surface area contributed by atoms with Gasteiger partial charge in [-0.3, -0.25) is 0 Å². The fourth-order valence-electron chi connectivity index (χ4n) is 2.65. The van der Waals surface area contributed by atoms with Gasteiger partial charge in [0.25, 0.3) is 0 Å². The van der Waals surface area contributed by atoms with Crippen LogP contribution >= 0.6 is 0 Å². The minimum Gasteiger partial charge on any atom is -0.477 e. The van der Waals surface area contributed by atoms with Crippen LogP contribution in [0.5, 0.6) is 0 Å². The third-order valence-electron chi connectivity index (χ3n) is 3.62. The van der Waals surface area contributed by atoms with E-state index >= 15 is 0 Å². The number of nitrogens with zero attached hydrogens (tertiary/aromatic N) is 1. The molecule has 4 N–H and O–H groups in total. The predicted molar refractivity (Wildman–Crippen MR) is 88.4 cm³/mol. The Morgan fingerprint density at radius 1 is 0.833 bits per heavy atom. The number of para-hydroxylation sites is 2. The molecular weight excluding hydrogens is 312 g/mol. The first-order chi connectivity index (χ1) is 11.4. The van der Waals surface area contributed by atoms with Crippen LogP contribution in [0.3, 0.4) is 0 Å². The summed E-state index contributed by atoms with van der Waals surface area (Å²) in [5.74, 6) is -3.24. The molecule has 0 spiro atoms. The third-order valence-corrected chi connectivity index (χ3v) is 3.62. The molecule has 0 atom stereocenters. The highest BCUT2D eigenvalue weighted by molar-refractivity contribution is 6.07. The maximum Gasteiger partial charge on any atom is 0.360 e. The van der Waals surface area contributed by atoms with Gasteiger partial charge in [0.1, 0.15) is 0 Å². The molecule has 0 radical (unpaired) electrons. The number of benzene rings is 2. The van der Waals surface area contributed by atoms with Crippen LogP contribution in [0.15, 0.2) is 54.6 Å². The fourth-order valence-corrected chi connectivity index (χ4v) is 2.65. The highest BCUT2D eigenvalue weighted by atomic mass is 16.4. The summed E-state index contributed by atoms with van der Waals surface area (Å²) in [6.07, 6.45) is 0. The molecule has 1 amide bonds. The maximum atomic E-state index is 13.1. The summed E-state index contributed by atoms with van der Waals surface area (Å²) in [7, 11) is 0. The molecule has 7 nitrogen and oxygen atoms in total. The Balaban J connectivity index is 2.70. The highest BCUT2D eigenvalue weighted by Gasteiger charge is 2.45. The molecule has 0 aliphatic rings. The Morgan fingerprint density at radius 3 is 1.83 bits per heavy atom. The lowest BCUT2D eigenvalue weighted by atomic mass is 10.1. The molecular formula is C17H17N2O5+. The summed E-state index contributed by atoms with van der Waals surface area (Å²) in [6.45, 7) is -1.46. The Labute approximate surface area is 138 Å². The molecule has 2 aromatic rings. The second-order valence-electron chi connectivity index (χ2n) is 5.30. The van der Waals surface area contributed by atoms with E-state index in [9.17, 15) is 24.6 Å². The number of hydrogen-bond acceptors (Lipinski definition) is 4. The number of carboxylic acid groups (broad SMARTS) is 2. The van der Waals surface area contributed by atoms with E-state index < -0.39 is 35.4 Å². The number of rotatable bonds is 6. The summed E-state index contributed by atoms with van der Waals surface area (Å²) in [5, 5.41) is 18.6. The number of amides is 1. The van der Waals surface area contributed by atoms with Crippen molar-refractivity contribution in [1.82, 2.24) is 4.48 Å². The minimum absolute atomic E-state index is 0.149. The molecule has 0 saturated carbocycles. The molecule has 0 fully saturated rings. The number of carboxylic acids is 2. The fraction of sp³-hybridized carbons (Fsp3) is 0.118.